The summed E-state index contributed by atoms with van der Waals surface area (Å²) in [6.07, 6.45) is 0. The molecule has 3 aromatic carbocycles. The molecule has 0 radical (unpaired) electrons. The summed E-state index contributed by atoms with van der Waals surface area (Å²) in [6.45, 7) is 8.86. The SMILES string of the molecule is CCOc1ccc2nc(N=Nc3ccc(N=Nc4ccc(N(CC)CC)cc4)cc3)sc2c1. The third kappa shape index (κ3) is 5.78. The Balaban J connectivity index is 1.40. The number of hydrogen-bond acceptors (Lipinski definition) is 8. The number of fused-ring (bicyclic) bond motifs is 1. The lowest BCUT2D eigenvalue weighted by molar-refractivity contribution is 0.341. The summed E-state index contributed by atoms with van der Waals surface area (Å²) in [6, 6.07) is 21.4. The van der Waals surface area contributed by atoms with Crippen LogP contribution in [-0.2, 0) is 0 Å². The van der Waals surface area contributed by atoms with Crippen molar-refractivity contribution in [1.82, 2.24) is 4.98 Å². The maximum atomic E-state index is 5.54. The topological polar surface area (TPSA) is 74.8 Å². The van der Waals surface area contributed by atoms with E-state index in [4.69, 9.17) is 4.74 Å². The van der Waals surface area contributed by atoms with E-state index in [1.165, 1.54) is 17.0 Å². The monoisotopic (exact) mass is 458 g/mol. The van der Waals surface area contributed by atoms with Crippen LogP contribution in [0.3, 0.4) is 0 Å². The lowest BCUT2D eigenvalue weighted by Crippen LogP contribution is -2.21. The van der Waals surface area contributed by atoms with E-state index in [9.17, 15) is 0 Å². The van der Waals surface area contributed by atoms with E-state index in [1.54, 1.807) is 0 Å². The van der Waals surface area contributed by atoms with Gasteiger partial charge in [-0.1, -0.05) is 11.3 Å². The van der Waals surface area contributed by atoms with Crippen LogP contribution in [0.4, 0.5) is 27.9 Å². The van der Waals surface area contributed by atoms with Crippen LogP contribution in [-0.4, -0.2) is 24.7 Å². The molecule has 0 aliphatic rings. The number of rotatable bonds is 9. The second-order valence-electron chi connectivity index (χ2n) is 7.16. The molecule has 168 valence electrons. The van der Waals surface area contributed by atoms with Crippen molar-refractivity contribution < 1.29 is 4.74 Å². The van der Waals surface area contributed by atoms with Crippen LogP contribution in [0.5, 0.6) is 5.75 Å². The van der Waals surface area contributed by atoms with Crippen molar-refractivity contribution in [1.29, 1.82) is 0 Å². The molecular weight excluding hydrogens is 432 g/mol. The molecule has 0 aliphatic carbocycles. The fraction of sp³-hybridized carbons (Fsp3) is 0.240. The molecule has 0 unspecified atom stereocenters. The van der Waals surface area contributed by atoms with Gasteiger partial charge in [0, 0.05) is 18.8 Å². The molecule has 4 rings (SSSR count). The first kappa shape index (κ1) is 22.5. The third-order valence-corrected chi connectivity index (χ3v) is 5.92. The lowest BCUT2D eigenvalue weighted by atomic mass is 10.2. The van der Waals surface area contributed by atoms with Crippen LogP contribution in [0, 0.1) is 0 Å². The number of ether oxygens (including phenoxy) is 1. The summed E-state index contributed by atoms with van der Waals surface area (Å²) < 4.78 is 6.57. The summed E-state index contributed by atoms with van der Waals surface area (Å²) in [5.41, 5.74) is 4.38. The van der Waals surface area contributed by atoms with Gasteiger partial charge < -0.3 is 9.64 Å². The van der Waals surface area contributed by atoms with E-state index < -0.39 is 0 Å². The van der Waals surface area contributed by atoms with Gasteiger partial charge in [-0.3, -0.25) is 0 Å². The molecule has 0 amide bonds. The summed E-state index contributed by atoms with van der Waals surface area (Å²) >= 11 is 1.48. The standard InChI is InChI=1S/C25H26N6OS/c1-4-31(5-2)21-13-11-20(12-14-21)28-27-18-7-9-19(10-8-18)29-30-25-26-23-16-15-22(32-6-3)17-24(23)33-25/h7-17H,4-6H2,1-3H3. The second-order valence-corrected chi connectivity index (χ2v) is 8.17. The van der Waals surface area contributed by atoms with Crippen molar-refractivity contribution in [2.75, 3.05) is 24.6 Å². The fourth-order valence-electron chi connectivity index (χ4n) is 3.31. The Morgan fingerprint density at radius 3 is 1.91 bits per heavy atom. The van der Waals surface area contributed by atoms with E-state index in [-0.39, 0.29) is 0 Å². The van der Waals surface area contributed by atoms with E-state index in [0.29, 0.717) is 11.7 Å². The van der Waals surface area contributed by atoms with Gasteiger partial charge in [0.25, 0.3) is 0 Å². The molecule has 4 aromatic rings. The minimum atomic E-state index is 0.607. The summed E-state index contributed by atoms with van der Waals surface area (Å²) in [5, 5.41) is 17.8. The minimum Gasteiger partial charge on any atom is -0.494 e. The van der Waals surface area contributed by atoms with Gasteiger partial charge in [0.2, 0.25) is 5.13 Å². The molecule has 1 heterocycles. The number of aromatic nitrogens is 1. The Labute approximate surface area is 197 Å². The number of hydrogen-bond donors (Lipinski definition) is 0. The smallest absolute Gasteiger partial charge is 0.231 e. The van der Waals surface area contributed by atoms with Gasteiger partial charge in [-0.2, -0.15) is 10.2 Å². The highest BCUT2D eigenvalue weighted by Crippen LogP contribution is 2.32. The maximum Gasteiger partial charge on any atom is 0.231 e. The van der Waals surface area contributed by atoms with Gasteiger partial charge in [-0.25, -0.2) is 4.98 Å². The lowest BCUT2D eigenvalue weighted by Gasteiger charge is -2.20. The molecule has 0 saturated heterocycles. The molecule has 0 fully saturated rings. The normalized spacial score (nSPS) is 11.6. The van der Waals surface area contributed by atoms with Gasteiger partial charge >= 0.3 is 0 Å². The highest BCUT2D eigenvalue weighted by atomic mass is 32.1. The molecule has 0 saturated carbocycles. The van der Waals surface area contributed by atoms with Crippen LogP contribution in [0.15, 0.2) is 87.2 Å². The Hall–Kier alpha value is -3.65. The molecule has 33 heavy (non-hydrogen) atoms. The summed E-state index contributed by atoms with van der Waals surface area (Å²) in [4.78, 5) is 6.80. The Bertz CT molecular complexity index is 1240. The predicted molar refractivity (Wildman–Crippen MR) is 136 cm³/mol. The molecule has 7 nitrogen and oxygen atoms in total. The summed E-state index contributed by atoms with van der Waals surface area (Å²) in [5.74, 6) is 0.835. The van der Waals surface area contributed by atoms with Crippen molar-refractivity contribution in [3.63, 3.8) is 0 Å². The number of azo groups is 2. The van der Waals surface area contributed by atoms with Crippen molar-refractivity contribution >= 4 is 49.4 Å². The van der Waals surface area contributed by atoms with Gasteiger partial charge in [0.1, 0.15) is 5.75 Å². The molecule has 0 bridgehead atoms. The fourth-order valence-corrected chi connectivity index (χ4v) is 4.13. The molecule has 1 aromatic heterocycles. The first-order chi connectivity index (χ1) is 16.2. The van der Waals surface area contributed by atoms with Gasteiger partial charge in [0.15, 0.2) is 0 Å². The minimum absolute atomic E-state index is 0.607. The quantitative estimate of drug-likeness (QED) is 0.236. The molecular formula is C25H26N6OS. The van der Waals surface area contributed by atoms with Crippen molar-refractivity contribution in [3.8, 4) is 5.75 Å². The highest BCUT2D eigenvalue weighted by molar-refractivity contribution is 7.21. The van der Waals surface area contributed by atoms with Gasteiger partial charge in [-0.05, 0) is 87.5 Å². The summed E-state index contributed by atoms with van der Waals surface area (Å²) in [7, 11) is 0. The zero-order valence-electron chi connectivity index (χ0n) is 19.0. The first-order valence-electron chi connectivity index (χ1n) is 11.0. The van der Waals surface area contributed by atoms with Crippen molar-refractivity contribution in [3.05, 3.63) is 66.7 Å². The molecule has 0 spiro atoms. The number of nitrogens with zero attached hydrogens (tertiary/aromatic N) is 6. The number of benzene rings is 3. The molecule has 0 N–H and O–H groups in total. The van der Waals surface area contributed by atoms with E-state index in [0.717, 1.165) is 46.1 Å². The van der Waals surface area contributed by atoms with Crippen LogP contribution < -0.4 is 9.64 Å². The van der Waals surface area contributed by atoms with E-state index in [2.05, 4.69) is 56.3 Å². The maximum absolute atomic E-state index is 5.54. The largest absolute Gasteiger partial charge is 0.494 e. The average molecular weight is 459 g/mol. The third-order valence-electron chi connectivity index (χ3n) is 5.02. The van der Waals surface area contributed by atoms with Crippen LogP contribution >= 0.6 is 11.3 Å². The van der Waals surface area contributed by atoms with Crippen LogP contribution in [0.2, 0.25) is 0 Å². The number of anilines is 1. The zero-order valence-corrected chi connectivity index (χ0v) is 19.8. The highest BCUT2D eigenvalue weighted by Gasteiger charge is 2.05. The average Bonchev–Trinajstić information content (AvgIpc) is 3.26. The zero-order chi connectivity index (χ0) is 23.0. The van der Waals surface area contributed by atoms with Crippen molar-refractivity contribution in [2.45, 2.75) is 20.8 Å². The van der Waals surface area contributed by atoms with E-state index >= 15 is 0 Å². The Morgan fingerprint density at radius 2 is 1.33 bits per heavy atom. The first-order valence-corrected chi connectivity index (χ1v) is 11.8. The molecule has 0 atom stereocenters. The second kappa shape index (κ2) is 10.8. The predicted octanol–water partition coefficient (Wildman–Crippen LogP) is 8.37. The van der Waals surface area contributed by atoms with Crippen LogP contribution in [0.1, 0.15) is 20.8 Å². The van der Waals surface area contributed by atoms with Gasteiger partial charge in [-0.15, -0.1) is 10.2 Å². The van der Waals surface area contributed by atoms with Gasteiger partial charge in [0.05, 0.1) is 33.9 Å². The number of thiazole rings is 1. The molecule has 8 heteroatoms. The Kier molecular flexibility index (Phi) is 7.36. The van der Waals surface area contributed by atoms with Crippen molar-refractivity contribution in [2.24, 2.45) is 20.5 Å². The Morgan fingerprint density at radius 1 is 0.758 bits per heavy atom. The van der Waals surface area contributed by atoms with E-state index in [1.807, 2.05) is 61.5 Å². The molecule has 0 aliphatic heterocycles. The van der Waals surface area contributed by atoms with Crippen LogP contribution in [0.25, 0.3) is 10.2 Å².